The lowest BCUT2D eigenvalue weighted by atomic mass is 9.95. The first-order valence-corrected chi connectivity index (χ1v) is 10.3. The molecule has 2 N–H and O–H groups in total. The lowest BCUT2D eigenvalue weighted by Gasteiger charge is -2.34. The highest BCUT2D eigenvalue weighted by Gasteiger charge is 2.27. The number of aliphatic hydroxyl groups excluding tert-OH is 1. The monoisotopic (exact) mass is 416 g/mol. The van der Waals surface area contributed by atoms with Gasteiger partial charge in [0.15, 0.2) is 12.1 Å². The van der Waals surface area contributed by atoms with Crippen LogP contribution in [0.1, 0.15) is 62.4 Å². The van der Waals surface area contributed by atoms with E-state index in [4.69, 9.17) is 9.47 Å². The zero-order valence-corrected chi connectivity index (χ0v) is 18.0. The molecular weight excluding hydrogens is 384 g/mol. The quantitative estimate of drug-likeness (QED) is 0.264. The van der Waals surface area contributed by atoms with E-state index in [-0.39, 0.29) is 29.8 Å². The Labute approximate surface area is 178 Å². The van der Waals surface area contributed by atoms with E-state index in [1.165, 1.54) is 6.08 Å². The van der Waals surface area contributed by atoms with Crippen LogP contribution < -0.4 is 5.43 Å². The third kappa shape index (κ3) is 8.98. The van der Waals surface area contributed by atoms with Gasteiger partial charge in [-0.2, -0.15) is 5.10 Å². The van der Waals surface area contributed by atoms with E-state index >= 15 is 0 Å². The third-order valence-electron chi connectivity index (χ3n) is 4.46. The van der Waals surface area contributed by atoms with Gasteiger partial charge in [-0.05, 0) is 50.0 Å². The second-order valence-electron chi connectivity index (χ2n) is 8.38. The Hall–Kier alpha value is -2.35. The Morgan fingerprint density at radius 2 is 2.07 bits per heavy atom. The van der Waals surface area contributed by atoms with Crippen LogP contribution in [0, 0.1) is 5.41 Å². The van der Waals surface area contributed by atoms with Gasteiger partial charge in [-0.25, -0.2) is 5.43 Å². The summed E-state index contributed by atoms with van der Waals surface area (Å²) in [6, 6.07) is 6.89. The minimum absolute atomic E-state index is 0.0718. The van der Waals surface area contributed by atoms with E-state index < -0.39 is 6.10 Å². The number of amides is 1. The zero-order valence-electron chi connectivity index (χ0n) is 18.0. The SMILES string of the molecule is CC(O)CC(=O)C=Cc1cccc(C(=O)NN=CCCCC2OCC(C)(C)CO2)c1. The molecule has 1 heterocycles. The summed E-state index contributed by atoms with van der Waals surface area (Å²) in [4.78, 5) is 23.9. The molecule has 0 radical (unpaired) electrons. The van der Waals surface area contributed by atoms with E-state index in [0.717, 1.165) is 18.4 Å². The summed E-state index contributed by atoms with van der Waals surface area (Å²) < 4.78 is 11.4. The van der Waals surface area contributed by atoms with Gasteiger partial charge in [0.2, 0.25) is 0 Å². The highest BCUT2D eigenvalue weighted by atomic mass is 16.7. The topological polar surface area (TPSA) is 97.2 Å². The van der Waals surface area contributed by atoms with E-state index in [0.29, 0.717) is 25.2 Å². The molecule has 0 bridgehead atoms. The summed E-state index contributed by atoms with van der Waals surface area (Å²) in [7, 11) is 0. The number of hydrogen-bond donors (Lipinski definition) is 2. The Balaban J connectivity index is 1.71. The van der Waals surface area contributed by atoms with Crippen LogP contribution in [0.5, 0.6) is 0 Å². The normalized spacial score (nSPS) is 18.0. The molecule has 0 spiro atoms. The van der Waals surface area contributed by atoms with Crippen molar-refractivity contribution in [3.05, 3.63) is 41.5 Å². The molecule has 1 aliphatic rings. The molecular formula is C23H32N2O5. The molecule has 7 heteroatoms. The van der Waals surface area contributed by atoms with Gasteiger partial charge in [-0.3, -0.25) is 9.59 Å². The number of hydrogen-bond acceptors (Lipinski definition) is 6. The first-order chi connectivity index (χ1) is 14.2. The molecule has 7 nitrogen and oxygen atoms in total. The number of carbonyl (C=O) groups excluding carboxylic acids is 2. The van der Waals surface area contributed by atoms with Crippen molar-refractivity contribution in [3.8, 4) is 0 Å². The summed E-state index contributed by atoms with van der Waals surface area (Å²) in [5.41, 5.74) is 3.75. The zero-order chi connectivity index (χ0) is 22.0. The first-order valence-electron chi connectivity index (χ1n) is 10.3. The molecule has 1 fully saturated rings. The fraction of sp³-hybridized carbons (Fsp3) is 0.522. The van der Waals surface area contributed by atoms with E-state index in [1.807, 2.05) is 0 Å². The van der Waals surface area contributed by atoms with Gasteiger partial charge in [-0.1, -0.05) is 32.1 Å². The average Bonchev–Trinajstić information content (AvgIpc) is 2.69. The van der Waals surface area contributed by atoms with Gasteiger partial charge in [0.25, 0.3) is 5.91 Å². The standard InChI is InChI=1S/C23H32N2O5/c1-17(26)13-20(27)11-10-18-7-6-8-19(14-18)22(28)25-24-12-5-4-9-21-29-15-23(2,3)16-30-21/h6-8,10-12,14,17,21,26H,4-5,9,13,15-16H2,1-3H3,(H,25,28). The highest BCUT2D eigenvalue weighted by Crippen LogP contribution is 2.24. The lowest BCUT2D eigenvalue weighted by molar-refractivity contribution is -0.223. The molecule has 1 aromatic carbocycles. The molecule has 0 saturated carbocycles. The Morgan fingerprint density at radius 1 is 1.33 bits per heavy atom. The summed E-state index contributed by atoms with van der Waals surface area (Å²) in [5.74, 6) is -0.491. The second kappa shape index (κ2) is 11.7. The van der Waals surface area contributed by atoms with Crippen molar-refractivity contribution in [2.45, 2.75) is 58.8 Å². The number of rotatable bonds is 10. The van der Waals surface area contributed by atoms with Crippen LogP contribution in [-0.2, 0) is 14.3 Å². The smallest absolute Gasteiger partial charge is 0.271 e. The number of ketones is 1. The number of aliphatic hydroxyl groups is 1. The maximum atomic E-state index is 12.2. The molecule has 0 aliphatic carbocycles. The van der Waals surface area contributed by atoms with Gasteiger partial charge >= 0.3 is 0 Å². The first kappa shape index (κ1) is 23.9. The second-order valence-corrected chi connectivity index (χ2v) is 8.38. The van der Waals surface area contributed by atoms with Gasteiger partial charge in [0, 0.05) is 23.6 Å². The molecule has 2 rings (SSSR count). The number of nitrogens with one attached hydrogen (secondary N) is 1. The number of hydrazone groups is 1. The van der Waals surface area contributed by atoms with Crippen LogP contribution >= 0.6 is 0 Å². The molecule has 1 unspecified atom stereocenters. The summed E-state index contributed by atoms with van der Waals surface area (Å²) in [6.45, 7) is 7.19. The largest absolute Gasteiger partial charge is 0.393 e. The molecule has 1 amide bonds. The van der Waals surface area contributed by atoms with Crippen molar-refractivity contribution < 1.29 is 24.2 Å². The van der Waals surface area contributed by atoms with E-state index in [9.17, 15) is 14.7 Å². The van der Waals surface area contributed by atoms with Gasteiger partial charge in [0.05, 0.1) is 19.3 Å². The Kier molecular flexibility index (Phi) is 9.36. The highest BCUT2D eigenvalue weighted by molar-refractivity contribution is 5.96. The molecule has 1 aromatic rings. The Morgan fingerprint density at radius 3 is 2.77 bits per heavy atom. The minimum Gasteiger partial charge on any atom is -0.393 e. The minimum atomic E-state index is -0.674. The fourth-order valence-electron chi connectivity index (χ4n) is 2.83. The third-order valence-corrected chi connectivity index (χ3v) is 4.46. The van der Waals surface area contributed by atoms with E-state index in [1.54, 1.807) is 43.5 Å². The van der Waals surface area contributed by atoms with Crippen LogP contribution in [0.25, 0.3) is 6.08 Å². The number of benzene rings is 1. The van der Waals surface area contributed by atoms with Crippen molar-refractivity contribution in [2.75, 3.05) is 13.2 Å². The van der Waals surface area contributed by atoms with Crippen LogP contribution in [0.4, 0.5) is 0 Å². The number of unbranched alkanes of at least 4 members (excludes halogenated alkanes) is 1. The molecule has 30 heavy (non-hydrogen) atoms. The van der Waals surface area contributed by atoms with Crippen molar-refractivity contribution in [1.82, 2.24) is 5.43 Å². The van der Waals surface area contributed by atoms with Gasteiger partial charge in [-0.15, -0.1) is 0 Å². The van der Waals surface area contributed by atoms with Crippen molar-refractivity contribution in [3.63, 3.8) is 0 Å². The number of nitrogens with zero attached hydrogens (tertiary/aromatic N) is 1. The van der Waals surface area contributed by atoms with Crippen molar-refractivity contribution in [1.29, 1.82) is 0 Å². The Bertz CT molecular complexity index is 761. The van der Waals surface area contributed by atoms with Crippen LogP contribution in [0.2, 0.25) is 0 Å². The predicted octanol–water partition coefficient (Wildman–Crippen LogP) is 3.32. The van der Waals surface area contributed by atoms with Crippen molar-refractivity contribution >= 4 is 24.0 Å². The summed E-state index contributed by atoms with van der Waals surface area (Å²) in [5, 5.41) is 13.2. The van der Waals surface area contributed by atoms with Crippen LogP contribution in [0.15, 0.2) is 35.4 Å². The number of ether oxygens (including phenoxy) is 2. The van der Waals surface area contributed by atoms with E-state index in [2.05, 4.69) is 24.4 Å². The van der Waals surface area contributed by atoms with Crippen LogP contribution in [0.3, 0.4) is 0 Å². The predicted molar refractivity (Wildman–Crippen MR) is 116 cm³/mol. The summed E-state index contributed by atoms with van der Waals surface area (Å²) >= 11 is 0. The maximum absolute atomic E-state index is 12.2. The average molecular weight is 417 g/mol. The molecule has 1 atom stereocenters. The lowest BCUT2D eigenvalue weighted by Crippen LogP contribution is -2.37. The number of carbonyl (C=O) groups is 2. The number of allylic oxidation sites excluding steroid dienone is 1. The molecule has 0 aromatic heterocycles. The molecule has 164 valence electrons. The molecule has 1 aliphatic heterocycles. The fourth-order valence-corrected chi connectivity index (χ4v) is 2.83. The van der Waals surface area contributed by atoms with Crippen molar-refractivity contribution in [2.24, 2.45) is 10.5 Å². The molecule has 1 saturated heterocycles. The van der Waals surface area contributed by atoms with Gasteiger partial charge < -0.3 is 14.6 Å². The summed E-state index contributed by atoms with van der Waals surface area (Å²) in [6.07, 6.45) is 6.29. The maximum Gasteiger partial charge on any atom is 0.271 e. The van der Waals surface area contributed by atoms with Gasteiger partial charge in [0.1, 0.15) is 0 Å². The van der Waals surface area contributed by atoms with Crippen LogP contribution in [-0.4, -0.2) is 48.6 Å².